The van der Waals surface area contributed by atoms with Crippen LogP contribution in [0.1, 0.15) is 38.5 Å². The van der Waals surface area contributed by atoms with E-state index >= 15 is 0 Å². The smallest absolute Gasteiger partial charge is 0.337 e. The van der Waals surface area contributed by atoms with Crippen molar-refractivity contribution < 1.29 is 18.7 Å². The standard InChI is InChI=1S/C24H26N4O4/c1-15-11-25-21(16(2)22(15)30-3)12-26-24-27-20-10-17(23(29)31-4)7-8-18(20)13-28(24)14-19-6-5-9-32-19/h5-11H,12-14H2,1-4H3,(H,26,27). The SMILES string of the molecule is COC(=O)c1ccc2c(c1)NC(=NCc1ncc(C)c(OC)c1C)N(Cc1ccco1)C2. The number of furan rings is 1. The van der Waals surface area contributed by atoms with Gasteiger partial charge >= 0.3 is 5.97 Å². The monoisotopic (exact) mass is 434 g/mol. The number of aliphatic imine (C=N–C) groups is 1. The molecule has 1 aliphatic rings. The Kier molecular flexibility index (Phi) is 6.11. The van der Waals surface area contributed by atoms with Crippen molar-refractivity contribution in [2.75, 3.05) is 19.5 Å². The van der Waals surface area contributed by atoms with Crippen LogP contribution in [0, 0.1) is 13.8 Å². The maximum atomic E-state index is 12.0. The Morgan fingerprint density at radius 3 is 2.84 bits per heavy atom. The van der Waals surface area contributed by atoms with E-state index in [0.29, 0.717) is 31.2 Å². The van der Waals surface area contributed by atoms with E-state index in [0.717, 1.165) is 39.6 Å². The van der Waals surface area contributed by atoms with E-state index in [-0.39, 0.29) is 5.97 Å². The summed E-state index contributed by atoms with van der Waals surface area (Å²) in [5, 5.41) is 3.38. The number of fused-ring (bicyclic) bond motifs is 1. The predicted molar refractivity (Wildman–Crippen MR) is 121 cm³/mol. The van der Waals surface area contributed by atoms with Crippen LogP contribution in [-0.2, 0) is 24.4 Å². The summed E-state index contributed by atoms with van der Waals surface area (Å²) in [6, 6.07) is 9.29. The van der Waals surface area contributed by atoms with Gasteiger partial charge in [-0.25, -0.2) is 9.79 Å². The van der Waals surface area contributed by atoms with Gasteiger partial charge in [-0.2, -0.15) is 0 Å². The minimum atomic E-state index is -0.377. The lowest BCUT2D eigenvalue weighted by Gasteiger charge is -2.32. The van der Waals surface area contributed by atoms with E-state index < -0.39 is 0 Å². The number of nitrogens with zero attached hydrogens (tertiary/aromatic N) is 3. The second-order valence-electron chi connectivity index (χ2n) is 7.61. The van der Waals surface area contributed by atoms with Gasteiger partial charge in [0.15, 0.2) is 5.96 Å². The minimum absolute atomic E-state index is 0.377. The molecule has 166 valence electrons. The highest BCUT2D eigenvalue weighted by molar-refractivity contribution is 5.98. The van der Waals surface area contributed by atoms with E-state index in [9.17, 15) is 4.79 Å². The van der Waals surface area contributed by atoms with Gasteiger partial charge in [-0.3, -0.25) is 4.98 Å². The Morgan fingerprint density at radius 1 is 1.28 bits per heavy atom. The molecule has 3 heterocycles. The lowest BCUT2D eigenvalue weighted by molar-refractivity contribution is 0.0600. The summed E-state index contributed by atoms with van der Waals surface area (Å²) < 4.78 is 15.9. The summed E-state index contributed by atoms with van der Waals surface area (Å²) in [6.45, 7) is 5.51. The summed E-state index contributed by atoms with van der Waals surface area (Å²) in [7, 11) is 3.03. The number of ether oxygens (including phenoxy) is 2. The van der Waals surface area contributed by atoms with E-state index in [2.05, 4.69) is 15.2 Å². The zero-order chi connectivity index (χ0) is 22.7. The van der Waals surface area contributed by atoms with Crippen molar-refractivity contribution in [2.45, 2.75) is 33.5 Å². The molecule has 1 aromatic carbocycles. The van der Waals surface area contributed by atoms with Gasteiger partial charge in [-0.05, 0) is 43.7 Å². The van der Waals surface area contributed by atoms with Gasteiger partial charge in [-0.15, -0.1) is 0 Å². The van der Waals surface area contributed by atoms with Gasteiger partial charge < -0.3 is 24.1 Å². The molecule has 0 bridgehead atoms. The van der Waals surface area contributed by atoms with Gasteiger partial charge in [0.05, 0.1) is 44.8 Å². The molecule has 0 saturated carbocycles. The molecule has 0 radical (unpaired) electrons. The average Bonchev–Trinajstić information content (AvgIpc) is 3.31. The molecule has 0 unspecified atom stereocenters. The number of esters is 1. The molecule has 0 atom stereocenters. The lowest BCUT2D eigenvalue weighted by atomic mass is 10.1. The fourth-order valence-electron chi connectivity index (χ4n) is 3.80. The number of hydrogen-bond donors (Lipinski definition) is 1. The maximum Gasteiger partial charge on any atom is 0.337 e. The van der Waals surface area contributed by atoms with Crippen molar-refractivity contribution in [2.24, 2.45) is 4.99 Å². The van der Waals surface area contributed by atoms with E-state index in [1.165, 1.54) is 7.11 Å². The number of hydrogen-bond acceptors (Lipinski definition) is 6. The van der Waals surface area contributed by atoms with E-state index in [4.69, 9.17) is 18.9 Å². The van der Waals surface area contributed by atoms with Crippen LogP contribution in [0.15, 0.2) is 52.2 Å². The molecule has 4 rings (SSSR count). The maximum absolute atomic E-state index is 12.0. The van der Waals surface area contributed by atoms with Crippen molar-refractivity contribution in [3.05, 3.63) is 76.5 Å². The van der Waals surface area contributed by atoms with E-state index in [1.54, 1.807) is 31.7 Å². The number of aromatic nitrogens is 1. The van der Waals surface area contributed by atoms with Gasteiger partial charge in [0.1, 0.15) is 11.5 Å². The normalized spacial score (nSPS) is 14.1. The molecule has 0 amide bonds. The van der Waals surface area contributed by atoms with Crippen LogP contribution in [0.25, 0.3) is 0 Å². The topological polar surface area (TPSA) is 89.2 Å². The van der Waals surface area contributed by atoms with Crippen LogP contribution >= 0.6 is 0 Å². The average molecular weight is 434 g/mol. The fraction of sp³-hybridized carbons (Fsp3) is 0.292. The first-order valence-electron chi connectivity index (χ1n) is 10.3. The van der Waals surface area contributed by atoms with Crippen LogP contribution in [0.2, 0.25) is 0 Å². The first kappa shape index (κ1) is 21.4. The summed E-state index contributed by atoms with van der Waals surface area (Å²) >= 11 is 0. The number of benzene rings is 1. The fourth-order valence-corrected chi connectivity index (χ4v) is 3.80. The van der Waals surface area contributed by atoms with Crippen molar-refractivity contribution in [3.63, 3.8) is 0 Å². The number of nitrogens with one attached hydrogen (secondary N) is 1. The van der Waals surface area contributed by atoms with Crippen LogP contribution in [0.3, 0.4) is 0 Å². The molecule has 1 aliphatic heterocycles. The third kappa shape index (κ3) is 4.30. The summed E-state index contributed by atoms with van der Waals surface area (Å²) in [5.41, 5.74) is 5.16. The number of carbonyl (C=O) groups excluding carboxylic acids is 1. The van der Waals surface area contributed by atoms with Crippen LogP contribution in [0.5, 0.6) is 5.75 Å². The predicted octanol–water partition coefficient (Wildman–Crippen LogP) is 4.07. The number of aryl methyl sites for hydroxylation is 1. The second kappa shape index (κ2) is 9.13. The van der Waals surface area contributed by atoms with Crippen LogP contribution < -0.4 is 10.1 Å². The molecule has 8 nitrogen and oxygen atoms in total. The molecule has 8 heteroatoms. The number of guanidine groups is 1. The van der Waals surface area contributed by atoms with Crippen molar-refractivity contribution in [1.29, 1.82) is 0 Å². The quantitative estimate of drug-likeness (QED) is 0.585. The third-order valence-electron chi connectivity index (χ3n) is 5.49. The van der Waals surface area contributed by atoms with Crippen molar-refractivity contribution >= 4 is 17.6 Å². The molecular weight excluding hydrogens is 408 g/mol. The number of pyridine rings is 1. The molecule has 0 spiro atoms. The van der Waals surface area contributed by atoms with Gasteiger partial charge in [0.25, 0.3) is 0 Å². The van der Waals surface area contributed by atoms with Crippen molar-refractivity contribution in [3.8, 4) is 5.75 Å². The number of rotatable bonds is 6. The first-order valence-corrected chi connectivity index (χ1v) is 10.3. The Hall–Kier alpha value is -3.81. The summed E-state index contributed by atoms with van der Waals surface area (Å²) in [5.74, 6) is 1.96. The molecular formula is C24H26N4O4. The van der Waals surface area contributed by atoms with Gasteiger partial charge in [0, 0.05) is 29.6 Å². The Bertz CT molecular complexity index is 1160. The first-order chi connectivity index (χ1) is 15.5. The van der Waals surface area contributed by atoms with Crippen molar-refractivity contribution in [1.82, 2.24) is 9.88 Å². The third-order valence-corrected chi connectivity index (χ3v) is 5.49. The zero-order valence-corrected chi connectivity index (χ0v) is 18.6. The molecule has 0 fully saturated rings. The van der Waals surface area contributed by atoms with Gasteiger partial charge in [-0.1, -0.05) is 6.07 Å². The number of methoxy groups -OCH3 is 2. The molecule has 0 saturated heterocycles. The van der Waals surface area contributed by atoms with E-state index in [1.807, 2.05) is 32.0 Å². The Balaban J connectivity index is 1.66. The second-order valence-corrected chi connectivity index (χ2v) is 7.61. The van der Waals surface area contributed by atoms with Crippen LogP contribution in [-0.4, -0.2) is 36.0 Å². The Morgan fingerprint density at radius 2 is 2.12 bits per heavy atom. The number of anilines is 1. The Labute approximate surface area is 186 Å². The molecule has 32 heavy (non-hydrogen) atoms. The summed E-state index contributed by atoms with van der Waals surface area (Å²) in [6.07, 6.45) is 3.46. The molecule has 3 aromatic rings. The molecule has 2 aromatic heterocycles. The summed E-state index contributed by atoms with van der Waals surface area (Å²) in [4.78, 5) is 23.4. The molecule has 0 aliphatic carbocycles. The molecule has 1 N–H and O–H groups in total. The largest absolute Gasteiger partial charge is 0.496 e. The highest BCUT2D eigenvalue weighted by atomic mass is 16.5. The van der Waals surface area contributed by atoms with Gasteiger partial charge in [0.2, 0.25) is 0 Å². The minimum Gasteiger partial charge on any atom is -0.496 e. The van der Waals surface area contributed by atoms with Crippen LogP contribution in [0.4, 0.5) is 5.69 Å². The number of carbonyl (C=O) groups is 1. The highest BCUT2D eigenvalue weighted by Crippen LogP contribution is 2.28. The highest BCUT2D eigenvalue weighted by Gasteiger charge is 2.23. The zero-order valence-electron chi connectivity index (χ0n) is 18.6. The lowest BCUT2D eigenvalue weighted by Crippen LogP contribution is -2.39.